The van der Waals surface area contributed by atoms with E-state index in [2.05, 4.69) is 34.3 Å². The zero-order chi connectivity index (χ0) is 15.2. The lowest BCUT2D eigenvalue weighted by Gasteiger charge is -2.19. The summed E-state index contributed by atoms with van der Waals surface area (Å²) < 4.78 is 7.26. The Morgan fingerprint density at radius 1 is 1.43 bits per heavy atom. The molecule has 0 saturated heterocycles. The third-order valence-electron chi connectivity index (χ3n) is 3.23. The van der Waals surface area contributed by atoms with Crippen LogP contribution in [0.15, 0.2) is 24.8 Å². The number of pyridine rings is 1. The van der Waals surface area contributed by atoms with Crippen molar-refractivity contribution < 1.29 is 4.74 Å². The molecule has 0 radical (unpaired) electrons. The van der Waals surface area contributed by atoms with Gasteiger partial charge in [-0.3, -0.25) is 16.3 Å². The van der Waals surface area contributed by atoms with Gasteiger partial charge in [-0.25, -0.2) is 9.67 Å². The predicted octanol–water partition coefficient (Wildman–Crippen LogP) is 1.08. The molecule has 2 heterocycles. The van der Waals surface area contributed by atoms with Crippen molar-refractivity contribution in [2.45, 2.75) is 32.9 Å². The number of nitrogens with one attached hydrogen (secondary N) is 1. The Bertz CT molecular complexity index is 568. The highest BCUT2D eigenvalue weighted by Crippen LogP contribution is 2.25. The summed E-state index contributed by atoms with van der Waals surface area (Å²) in [5, 5.41) is 4.27. The van der Waals surface area contributed by atoms with Gasteiger partial charge in [0.05, 0.1) is 19.3 Å². The molecule has 2 rings (SSSR count). The Kier molecular flexibility index (Phi) is 5.24. The smallest absolute Gasteiger partial charge is 0.141 e. The Balaban J connectivity index is 2.21. The van der Waals surface area contributed by atoms with Crippen LogP contribution in [0.4, 0.5) is 0 Å². The van der Waals surface area contributed by atoms with Crippen LogP contribution in [0.2, 0.25) is 0 Å². The molecule has 7 heteroatoms. The number of nitrogens with two attached hydrogens (primary N) is 1. The maximum Gasteiger partial charge on any atom is 0.141 e. The Morgan fingerprint density at radius 3 is 2.90 bits per heavy atom. The summed E-state index contributed by atoms with van der Waals surface area (Å²) in [6, 6.07) is 1.78. The molecule has 21 heavy (non-hydrogen) atoms. The summed E-state index contributed by atoms with van der Waals surface area (Å²) in [6.07, 6.45) is 5.61. The second kappa shape index (κ2) is 7.14. The first-order chi connectivity index (χ1) is 10.2. The van der Waals surface area contributed by atoms with E-state index in [1.807, 2.05) is 10.7 Å². The van der Waals surface area contributed by atoms with Crippen molar-refractivity contribution in [2.24, 2.45) is 11.8 Å². The molecule has 2 aromatic rings. The van der Waals surface area contributed by atoms with Gasteiger partial charge in [0.25, 0.3) is 0 Å². The van der Waals surface area contributed by atoms with E-state index >= 15 is 0 Å². The number of ether oxygens (including phenoxy) is 1. The first kappa shape index (κ1) is 15.4. The van der Waals surface area contributed by atoms with Gasteiger partial charge in [0.2, 0.25) is 0 Å². The van der Waals surface area contributed by atoms with Crippen LogP contribution >= 0.6 is 0 Å². The van der Waals surface area contributed by atoms with Gasteiger partial charge >= 0.3 is 0 Å². The van der Waals surface area contributed by atoms with E-state index in [1.54, 1.807) is 25.8 Å². The van der Waals surface area contributed by atoms with Crippen LogP contribution in [-0.2, 0) is 13.0 Å². The zero-order valence-electron chi connectivity index (χ0n) is 12.7. The second-order valence-corrected chi connectivity index (χ2v) is 5.29. The average Bonchev–Trinajstić information content (AvgIpc) is 2.91. The van der Waals surface area contributed by atoms with Crippen LogP contribution in [-0.4, -0.2) is 26.9 Å². The minimum Gasteiger partial charge on any atom is -0.495 e. The SMILES string of the molecule is COc1cnccc1C(Cc1ncnn1CC(C)C)NN. The van der Waals surface area contributed by atoms with E-state index in [4.69, 9.17) is 10.6 Å². The van der Waals surface area contributed by atoms with Gasteiger partial charge in [-0.1, -0.05) is 13.8 Å². The summed E-state index contributed by atoms with van der Waals surface area (Å²) >= 11 is 0. The van der Waals surface area contributed by atoms with E-state index in [1.165, 1.54) is 0 Å². The molecule has 0 spiro atoms. The number of nitrogens with zero attached hydrogens (tertiary/aromatic N) is 4. The highest BCUT2D eigenvalue weighted by molar-refractivity contribution is 5.33. The lowest BCUT2D eigenvalue weighted by atomic mass is 10.0. The molecule has 7 nitrogen and oxygen atoms in total. The van der Waals surface area contributed by atoms with E-state index in [0.717, 1.165) is 17.9 Å². The number of hydrogen-bond donors (Lipinski definition) is 2. The molecule has 0 aliphatic carbocycles. The van der Waals surface area contributed by atoms with Crippen LogP contribution in [0.3, 0.4) is 0 Å². The highest BCUT2D eigenvalue weighted by atomic mass is 16.5. The van der Waals surface area contributed by atoms with Gasteiger partial charge in [0.1, 0.15) is 17.9 Å². The topological polar surface area (TPSA) is 90.9 Å². The zero-order valence-corrected chi connectivity index (χ0v) is 12.7. The number of hydrogen-bond acceptors (Lipinski definition) is 6. The van der Waals surface area contributed by atoms with Crippen molar-refractivity contribution in [3.8, 4) is 5.75 Å². The second-order valence-electron chi connectivity index (χ2n) is 5.29. The number of methoxy groups -OCH3 is 1. The molecule has 0 aliphatic heterocycles. The number of rotatable bonds is 7. The van der Waals surface area contributed by atoms with E-state index < -0.39 is 0 Å². The number of hydrazine groups is 1. The van der Waals surface area contributed by atoms with Crippen molar-refractivity contribution >= 4 is 0 Å². The lowest BCUT2D eigenvalue weighted by molar-refractivity contribution is 0.393. The fourth-order valence-corrected chi connectivity index (χ4v) is 2.23. The monoisotopic (exact) mass is 290 g/mol. The fraction of sp³-hybridized carbons (Fsp3) is 0.500. The van der Waals surface area contributed by atoms with Gasteiger partial charge in [-0.05, 0) is 12.0 Å². The summed E-state index contributed by atoms with van der Waals surface area (Å²) in [6.45, 7) is 5.13. The van der Waals surface area contributed by atoms with Crippen LogP contribution in [0.25, 0.3) is 0 Å². The molecule has 1 atom stereocenters. The van der Waals surface area contributed by atoms with E-state index in [9.17, 15) is 0 Å². The third-order valence-corrected chi connectivity index (χ3v) is 3.23. The minimum absolute atomic E-state index is 0.113. The van der Waals surface area contributed by atoms with Gasteiger partial charge in [0, 0.05) is 24.7 Å². The first-order valence-electron chi connectivity index (χ1n) is 6.96. The highest BCUT2D eigenvalue weighted by Gasteiger charge is 2.18. The largest absolute Gasteiger partial charge is 0.495 e. The molecule has 3 N–H and O–H groups in total. The molecule has 0 amide bonds. The Hall–Kier alpha value is -1.99. The maximum atomic E-state index is 5.71. The molecular formula is C14H22N6O. The van der Waals surface area contributed by atoms with Crippen molar-refractivity contribution in [1.82, 2.24) is 25.2 Å². The Morgan fingerprint density at radius 2 is 2.24 bits per heavy atom. The maximum absolute atomic E-state index is 5.71. The molecule has 0 aromatic carbocycles. The van der Waals surface area contributed by atoms with Crippen molar-refractivity contribution in [3.05, 3.63) is 36.2 Å². The van der Waals surface area contributed by atoms with Crippen molar-refractivity contribution in [2.75, 3.05) is 7.11 Å². The predicted molar refractivity (Wildman–Crippen MR) is 79.4 cm³/mol. The summed E-state index contributed by atoms with van der Waals surface area (Å²) in [4.78, 5) is 8.40. The molecule has 1 unspecified atom stereocenters. The minimum atomic E-state index is -0.113. The normalized spacial score (nSPS) is 12.6. The van der Waals surface area contributed by atoms with E-state index in [0.29, 0.717) is 18.1 Å². The molecule has 2 aromatic heterocycles. The van der Waals surface area contributed by atoms with Gasteiger partial charge < -0.3 is 4.74 Å². The fourth-order valence-electron chi connectivity index (χ4n) is 2.23. The molecule has 0 aliphatic rings. The quantitative estimate of drug-likeness (QED) is 0.586. The summed E-state index contributed by atoms with van der Waals surface area (Å²) in [5.74, 6) is 7.82. The van der Waals surface area contributed by atoms with Crippen LogP contribution < -0.4 is 16.0 Å². The van der Waals surface area contributed by atoms with Gasteiger partial charge in [-0.2, -0.15) is 5.10 Å². The van der Waals surface area contributed by atoms with Crippen molar-refractivity contribution in [1.29, 1.82) is 0 Å². The van der Waals surface area contributed by atoms with Gasteiger partial charge in [-0.15, -0.1) is 0 Å². The van der Waals surface area contributed by atoms with Crippen molar-refractivity contribution in [3.63, 3.8) is 0 Å². The molecular weight excluding hydrogens is 268 g/mol. The molecule has 114 valence electrons. The molecule has 0 saturated carbocycles. The summed E-state index contributed by atoms with van der Waals surface area (Å²) in [5.41, 5.74) is 3.78. The number of aromatic nitrogens is 4. The Labute approximate surface area is 124 Å². The molecule has 0 bridgehead atoms. The van der Waals surface area contributed by atoms with Crippen LogP contribution in [0, 0.1) is 5.92 Å². The van der Waals surface area contributed by atoms with Crippen LogP contribution in [0.1, 0.15) is 31.3 Å². The third kappa shape index (κ3) is 3.77. The van der Waals surface area contributed by atoms with Crippen LogP contribution in [0.5, 0.6) is 5.75 Å². The van der Waals surface area contributed by atoms with Gasteiger partial charge in [0.15, 0.2) is 0 Å². The molecule has 0 fully saturated rings. The first-order valence-corrected chi connectivity index (χ1v) is 6.96. The van der Waals surface area contributed by atoms with E-state index in [-0.39, 0.29) is 6.04 Å². The average molecular weight is 290 g/mol. The summed E-state index contributed by atoms with van der Waals surface area (Å²) in [7, 11) is 1.62. The standard InChI is InChI=1S/C14H22N6O/c1-10(2)8-20-14(17-9-18-20)6-12(19-15)11-4-5-16-7-13(11)21-3/h4-5,7,9-10,12,19H,6,8,15H2,1-3H3. The lowest BCUT2D eigenvalue weighted by Crippen LogP contribution is -2.31.